The predicted molar refractivity (Wildman–Crippen MR) is 93.5 cm³/mol. The van der Waals surface area contributed by atoms with Crippen LogP contribution in [0.1, 0.15) is 17.5 Å². The maximum atomic E-state index is 9.62. The topological polar surface area (TPSA) is 113 Å². The number of aliphatic hydroxyl groups is 2. The van der Waals surface area contributed by atoms with Gasteiger partial charge in [0.2, 0.25) is 0 Å². The van der Waals surface area contributed by atoms with Crippen molar-refractivity contribution in [3.63, 3.8) is 0 Å². The van der Waals surface area contributed by atoms with Gasteiger partial charge in [-0.25, -0.2) is 9.97 Å². The Labute approximate surface area is 152 Å². The molecule has 0 saturated heterocycles. The van der Waals surface area contributed by atoms with Gasteiger partial charge in [0.25, 0.3) is 0 Å². The van der Waals surface area contributed by atoms with E-state index >= 15 is 0 Å². The van der Waals surface area contributed by atoms with E-state index in [1.807, 2.05) is 0 Å². The average Bonchev–Trinajstić information content (AvgIpc) is 3.07. The Morgan fingerprint density at radius 2 is 2.24 bits per heavy atom. The van der Waals surface area contributed by atoms with Gasteiger partial charge in [-0.3, -0.25) is 0 Å². The third-order valence-corrected chi connectivity index (χ3v) is 4.14. The van der Waals surface area contributed by atoms with Gasteiger partial charge in [-0.05, 0) is 6.92 Å². The predicted octanol–water partition coefficient (Wildman–Crippen LogP) is 2.85. The lowest BCUT2D eigenvalue weighted by molar-refractivity contribution is 0.0928. The molecule has 0 aliphatic rings. The summed E-state index contributed by atoms with van der Waals surface area (Å²) in [5.74, 6) is 1.32. The highest BCUT2D eigenvalue weighted by atomic mass is 35.5. The SMILES string of the molecule is Cc1nnccc1Oc1cc(Cl)cnc1Nc1nc(C(O)CO)cs1. The molecule has 0 aromatic carbocycles. The van der Waals surface area contributed by atoms with Crippen molar-refractivity contribution in [2.75, 3.05) is 11.9 Å². The van der Waals surface area contributed by atoms with Crippen LogP contribution in [0, 0.1) is 6.92 Å². The number of aryl methyl sites for hydroxylation is 1. The summed E-state index contributed by atoms with van der Waals surface area (Å²) in [7, 11) is 0. The number of hydrogen-bond donors (Lipinski definition) is 3. The van der Waals surface area contributed by atoms with Crippen LogP contribution in [-0.4, -0.2) is 37.0 Å². The molecule has 0 fully saturated rings. The van der Waals surface area contributed by atoms with Crippen molar-refractivity contribution >= 4 is 33.9 Å². The molecule has 1 atom stereocenters. The summed E-state index contributed by atoms with van der Waals surface area (Å²) < 4.78 is 5.84. The van der Waals surface area contributed by atoms with E-state index in [0.29, 0.717) is 38.9 Å². The molecule has 0 bridgehead atoms. The summed E-state index contributed by atoms with van der Waals surface area (Å²) in [4.78, 5) is 8.44. The van der Waals surface area contributed by atoms with Crippen LogP contribution in [0.3, 0.4) is 0 Å². The molecule has 25 heavy (non-hydrogen) atoms. The van der Waals surface area contributed by atoms with Gasteiger partial charge in [-0.2, -0.15) is 10.2 Å². The van der Waals surface area contributed by atoms with Gasteiger partial charge in [0.15, 0.2) is 22.4 Å². The monoisotopic (exact) mass is 379 g/mol. The van der Waals surface area contributed by atoms with E-state index in [4.69, 9.17) is 21.4 Å². The molecule has 1 unspecified atom stereocenters. The van der Waals surface area contributed by atoms with Crippen molar-refractivity contribution in [1.29, 1.82) is 0 Å². The second-order valence-electron chi connectivity index (χ2n) is 4.98. The summed E-state index contributed by atoms with van der Waals surface area (Å²) in [5, 5.41) is 31.9. The fourth-order valence-electron chi connectivity index (χ4n) is 1.90. The quantitative estimate of drug-likeness (QED) is 0.599. The van der Waals surface area contributed by atoms with Gasteiger partial charge in [0, 0.05) is 23.7 Å². The number of anilines is 2. The van der Waals surface area contributed by atoms with Crippen LogP contribution in [0.15, 0.2) is 29.9 Å². The second kappa shape index (κ2) is 7.70. The first-order valence-electron chi connectivity index (χ1n) is 7.20. The molecule has 3 N–H and O–H groups in total. The Hall–Kier alpha value is -2.33. The van der Waals surface area contributed by atoms with Gasteiger partial charge in [0.05, 0.1) is 23.5 Å². The lowest BCUT2D eigenvalue weighted by Gasteiger charge is -2.12. The molecule has 0 radical (unpaired) electrons. The summed E-state index contributed by atoms with van der Waals surface area (Å²) >= 11 is 7.28. The van der Waals surface area contributed by atoms with Crippen molar-refractivity contribution in [2.45, 2.75) is 13.0 Å². The highest BCUT2D eigenvalue weighted by Crippen LogP contribution is 2.34. The van der Waals surface area contributed by atoms with Crippen molar-refractivity contribution < 1.29 is 14.9 Å². The lowest BCUT2D eigenvalue weighted by atomic mass is 10.3. The minimum absolute atomic E-state index is 0.376. The van der Waals surface area contributed by atoms with Crippen LogP contribution in [0.2, 0.25) is 5.02 Å². The van der Waals surface area contributed by atoms with Gasteiger partial charge < -0.3 is 20.3 Å². The molecule has 0 spiro atoms. The number of hydrogen-bond acceptors (Lipinski definition) is 9. The first-order valence-corrected chi connectivity index (χ1v) is 8.45. The van der Waals surface area contributed by atoms with E-state index in [9.17, 15) is 5.11 Å². The smallest absolute Gasteiger partial charge is 0.188 e. The van der Waals surface area contributed by atoms with Crippen molar-refractivity contribution in [2.24, 2.45) is 0 Å². The van der Waals surface area contributed by atoms with Crippen LogP contribution >= 0.6 is 22.9 Å². The van der Waals surface area contributed by atoms with Crippen molar-refractivity contribution in [3.8, 4) is 11.5 Å². The zero-order valence-corrected chi connectivity index (χ0v) is 14.6. The van der Waals surface area contributed by atoms with Crippen LogP contribution in [0.5, 0.6) is 11.5 Å². The van der Waals surface area contributed by atoms with Crippen molar-refractivity contribution in [1.82, 2.24) is 20.2 Å². The number of rotatable bonds is 6. The van der Waals surface area contributed by atoms with E-state index in [0.717, 1.165) is 0 Å². The molecule has 0 aliphatic heterocycles. The zero-order chi connectivity index (χ0) is 17.8. The first kappa shape index (κ1) is 17.5. The molecule has 10 heteroatoms. The lowest BCUT2D eigenvalue weighted by Crippen LogP contribution is -2.03. The standard InChI is InChI=1S/C15H14ClN5O3S/c1-8-12(2-3-18-21-8)24-13-4-9(16)5-17-14(13)20-15-19-10(7-25-15)11(23)6-22/h2-5,7,11,22-23H,6H2,1H3,(H,17,19,20). The van der Waals surface area contributed by atoms with Gasteiger partial charge in [-0.1, -0.05) is 11.6 Å². The summed E-state index contributed by atoms with van der Waals surface area (Å²) in [6.45, 7) is 1.38. The summed E-state index contributed by atoms with van der Waals surface area (Å²) in [5.41, 5.74) is 0.997. The Kier molecular flexibility index (Phi) is 5.39. The minimum Gasteiger partial charge on any atom is -0.451 e. The Balaban J connectivity index is 1.86. The first-order chi connectivity index (χ1) is 12.1. The van der Waals surface area contributed by atoms with Crippen LogP contribution in [0.25, 0.3) is 0 Å². The number of nitrogens with zero attached hydrogens (tertiary/aromatic N) is 4. The zero-order valence-electron chi connectivity index (χ0n) is 13.0. The van der Waals surface area contributed by atoms with E-state index < -0.39 is 12.7 Å². The highest BCUT2D eigenvalue weighted by molar-refractivity contribution is 7.13. The van der Waals surface area contributed by atoms with Gasteiger partial charge in [0.1, 0.15) is 11.8 Å². The fourth-order valence-corrected chi connectivity index (χ4v) is 2.80. The van der Waals surface area contributed by atoms with E-state index in [-0.39, 0.29) is 0 Å². The second-order valence-corrected chi connectivity index (χ2v) is 6.28. The molecule has 0 amide bonds. The number of nitrogens with one attached hydrogen (secondary N) is 1. The largest absolute Gasteiger partial charge is 0.451 e. The molecular weight excluding hydrogens is 366 g/mol. The minimum atomic E-state index is -1.02. The number of halogens is 1. The van der Waals surface area contributed by atoms with E-state index in [1.54, 1.807) is 24.4 Å². The molecule has 3 rings (SSSR count). The molecule has 0 saturated carbocycles. The maximum Gasteiger partial charge on any atom is 0.188 e. The maximum absolute atomic E-state index is 9.62. The molecule has 3 heterocycles. The fraction of sp³-hybridized carbons (Fsp3) is 0.200. The highest BCUT2D eigenvalue weighted by Gasteiger charge is 2.14. The van der Waals surface area contributed by atoms with E-state index in [2.05, 4.69) is 25.5 Å². The van der Waals surface area contributed by atoms with Gasteiger partial charge in [-0.15, -0.1) is 11.3 Å². The molecule has 130 valence electrons. The molecule has 0 aliphatic carbocycles. The Morgan fingerprint density at radius 1 is 1.40 bits per heavy atom. The Bertz CT molecular complexity index is 876. The number of thiazole rings is 1. The molecule has 3 aromatic heterocycles. The van der Waals surface area contributed by atoms with Gasteiger partial charge >= 0.3 is 0 Å². The number of aliphatic hydroxyl groups excluding tert-OH is 2. The third-order valence-electron chi connectivity index (χ3n) is 3.16. The summed E-state index contributed by atoms with van der Waals surface area (Å²) in [6, 6.07) is 3.31. The number of ether oxygens (including phenoxy) is 1. The Morgan fingerprint density at radius 3 is 3.00 bits per heavy atom. The van der Waals surface area contributed by atoms with Crippen LogP contribution in [0.4, 0.5) is 10.9 Å². The molecular formula is C15H14ClN5O3S. The summed E-state index contributed by atoms with van der Waals surface area (Å²) in [6.07, 6.45) is 1.98. The normalized spacial score (nSPS) is 12.0. The van der Waals surface area contributed by atoms with Crippen LogP contribution < -0.4 is 10.1 Å². The third kappa shape index (κ3) is 4.20. The molecule has 3 aromatic rings. The van der Waals surface area contributed by atoms with E-state index in [1.165, 1.54) is 23.7 Å². The van der Waals surface area contributed by atoms with Crippen molar-refractivity contribution in [3.05, 3.63) is 46.3 Å². The number of aromatic nitrogens is 4. The average molecular weight is 380 g/mol. The number of pyridine rings is 1. The molecule has 8 nitrogen and oxygen atoms in total. The van der Waals surface area contributed by atoms with Crippen LogP contribution in [-0.2, 0) is 0 Å².